The van der Waals surface area contributed by atoms with E-state index in [1.807, 2.05) is 0 Å². The molecule has 0 saturated carbocycles. The van der Waals surface area contributed by atoms with Crippen molar-refractivity contribution in [2.24, 2.45) is 5.92 Å². The molecule has 54 heavy (non-hydrogen) atoms. The molecule has 2 unspecified atom stereocenters. The molecule has 0 radical (unpaired) electrons. The number of rotatable bonds is 32. The van der Waals surface area contributed by atoms with Crippen LogP contribution in [0.5, 0.6) is 0 Å². The number of piperidine rings is 1. The van der Waals surface area contributed by atoms with Gasteiger partial charge in [-0.25, -0.2) is 0 Å². The molecule has 318 valence electrons. The molecular weight excluding hydrogens is 663 g/mol. The van der Waals surface area contributed by atoms with Gasteiger partial charge in [0.05, 0.1) is 0 Å². The standard InChI is InChI=1S/C42H79N3O2.C7H16/c1-5-8-10-12-14-15-16-17-18-19-21-23-28-32-40(46)45(37(4)29-25-22-20-13-11-9-6-2)41(38-33-35-44(7-3)36-34-38)42(47)43-39-30-26-24-27-31-39;1-3-5-7-6-4-2/h30,37-38,41H,5-29,31-36H2,1-4H3,(H,43,47);3-7H2,1-2H3. The lowest BCUT2D eigenvalue weighted by Crippen LogP contribution is -2.57. The topological polar surface area (TPSA) is 52.7 Å². The number of nitrogens with zero attached hydrogens (tertiary/aromatic N) is 2. The Morgan fingerprint density at radius 3 is 1.54 bits per heavy atom. The van der Waals surface area contributed by atoms with Gasteiger partial charge in [0.2, 0.25) is 11.8 Å². The van der Waals surface area contributed by atoms with Crippen molar-refractivity contribution in [3.05, 3.63) is 11.8 Å². The second kappa shape index (κ2) is 36.0. The predicted molar refractivity (Wildman–Crippen MR) is 237 cm³/mol. The lowest BCUT2D eigenvalue weighted by Gasteiger charge is -2.43. The van der Waals surface area contributed by atoms with Crippen molar-refractivity contribution >= 4 is 11.8 Å². The van der Waals surface area contributed by atoms with Crippen molar-refractivity contribution in [3.63, 3.8) is 0 Å². The number of amides is 2. The number of hydrogen-bond donors (Lipinski definition) is 1. The number of carbonyl (C=O) groups is 2. The minimum Gasteiger partial charge on any atom is -0.328 e. The molecule has 2 rings (SSSR count). The molecule has 2 atom stereocenters. The summed E-state index contributed by atoms with van der Waals surface area (Å²) in [6.45, 7) is 16.6. The summed E-state index contributed by atoms with van der Waals surface area (Å²) < 4.78 is 0. The van der Waals surface area contributed by atoms with Crippen LogP contribution in [0.1, 0.15) is 253 Å². The number of nitrogens with one attached hydrogen (secondary N) is 1. The van der Waals surface area contributed by atoms with E-state index in [4.69, 9.17) is 0 Å². The van der Waals surface area contributed by atoms with Crippen LogP contribution in [0.25, 0.3) is 0 Å². The maximum absolute atomic E-state index is 14.2. The third-order valence-electron chi connectivity index (χ3n) is 12.4. The van der Waals surface area contributed by atoms with Crippen LogP contribution < -0.4 is 5.32 Å². The summed E-state index contributed by atoms with van der Waals surface area (Å²) in [4.78, 5) is 33.0. The van der Waals surface area contributed by atoms with Crippen molar-refractivity contribution in [1.29, 1.82) is 0 Å². The van der Waals surface area contributed by atoms with E-state index in [-0.39, 0.29) is 29.8 Å². The Hall–Kier alpha value is -1.36. The van der Waals surface area contributed by atoms with Crippen LogP contribution in [0.4, 0.5) is 0 Å². The van der Waals surface area contributed by atoms with Gasteiger partial charge in [0.15, 0.2) is 0 Å². The molecule has 1 N–H and O–H groups in total. The van der Waals surface area contributed by atoms with Crippen LogP contribution in [-0.4, -0.2) is 53.3 Å². The van der Waals surface area contributed by atoms with E-state index in [1.165, 1.54) is 148 Å². The van der Waals surface area contributed by atoms with Gasteiger partial charge in [-0.2, -0.15) is 0 Å². The van der Waals surface area contributed by atoms with E-state index in [0.29, 0.717) is 6.42 Å². The van der Waals surface area contributed by atoms with E-state index < -0.39 is 0 Å². The highest BCUT2D eigenvalue weighted by atomic mass is 16.2. The van der Waals surface area contributed by atoms with E-state index >= 15 is 0 Å². The zero-order valence-electron chi connectivity index (χ0n) is 37.5. The monoisotopic (exact) mass is 758 g/mol. The molecule has 1 aliphatic heterocycles. The minimum absolute atomic E-state index is 0.0817. The van der Waals surface area contributed by atoms with E-state index in [1.54, 1.807) is 0 Å². The number of allylic oxidation sites excluding steroid dienone is 2. The Morgan fingerprint density at radius 1 is 0.648 bits per heavy atom. The molecule has 1 heterocycles. The van der Waals surface area contributed by atoms with Crippen molar-refractivity contribution in [1.82, 2.24) is 15.1 Å². The Balaban J connectivity index is 0.00000189. The Labute approximate surface area is 338 Å². The molecule has 0 aromatic heterocycles. The van der Waals surface area contributed by atoms with Gasteiger partial charge >= 0.3 is 0 Å². The molecule has 1 aliphatic carbocycles. The Morgan fingerprint density at radius 2 is 1.09 bits per heavy atom. The van der Waals surface area contributed by atoms with Crippen molar-refractivity contribution in [3.8, 4) is 0 Å². The predicted octanol–water partition coefficient (Wildman–Crippen LogP) is 14.5. The van der Waals surface area contributed by atoms with E-state index in [0.717, 1.165) is 83.1 Å². The molecule has 5 nitrogen and oxygen atoms in total. The normalized spacial score (nSPS) is 16.3. The summed E-state index contributed by atoms with van der Waals surface area (Å²) in [5.41, 5.74) is 1.08. The van der Waals surface area contributed by atoms with Gasteiger partial charge in [-0.3, -0.25) is 9.59 Å². The summed E-state index contributed by atoms with van der Waals surface area (Å²) in [6, 6.07) is -0.258. The first-order valence-electron chi connectivity index (χ1n) is 24.5. The average Bonchev–Trinajstić information content (AvgIpc) is 3.19. The lowest BCUT2D eigenvalue weighted by molar-refractivity contribution is -0.146. The van der Waals surface area contributed by atoms with Crippen LogP contribution in [0, 0.1) is 5.92 Å². The summed E-state index contributed by atoms with van der Waals surface area (Å²) in [5, 5.41) is 3.36. The van der Waals surface area contributed by atoms with E-state index in [2.05, 4.69) is 62.7 Å². The van der Waals surface area contributed by atoms with Crippen LogP contribution in [0.3, 0.4) is 0 Å². The second-order valence-electron chi connectivity index (χ2n) is 17.3. The van der Waals surface area contributed by atoms with Crippen LogP contribution in [0.15, 0.2) is 11.8 Å². The first-order valence-corrected chi connectivity index (χ1v) is 24.5. The van der Waals surface area contributed by atoms with Gasteiger partial charge in [-0.15, -0.1) is 0 Å². The minimum atomic E-state index is -0.356. The van der Waals surface area contributed by atoms with Crippen LogP contribution >= 0.6 is 0 Å². The molecule has 1 fully saturated rings. The third kappa shape index (κ3) is 25.0. The van der Waals surface area contributed by atoms with Crippen molar-refractivity contribution in [2.45, 2.75) is 266 Å². The molecular formula is C49H95N3O2. The molecule has 0 bridgehead atoms. The van der Waals surface area contributed by atoms with Gasteiger partial charge in [0, 0.05) is 18.2 Å². The summed E-state index contributed by atoms with van der Waals surface area (Å²) in [7, 11) is 0. The number of hydrogen-bond acceptors (Lipinski definition) is 3. The van der Waals surface area contributed by atoms with Gasteiger partial charge in [-0.1, -0.05) is 195 Å². The van der Waals surface area contributed by atoms with Gasteiger partial charge in [-0.05, 0) is 83.8 Å². The largest absolute Gasteiger partial charge is 0.328 e. The second-order valence-corrected chi connectivity index (χ2v) is 17.3. The summed E-state index contributed by atoms with van der Waals surface area (Å²) in [5.74, 6) is 0.534. The summed E-state index contributed by atoms with van der Waals surface area (Å²) in [6.07, 6.45) is 43.1. The highest BCUT2D eigenvalue weighted by Gasteiger charge is 2.40. The maximum Gasteiger partial charge on any atom is 0.247 e. The fourth-order valence-corrected chi connectivity index (χ4v) is 8.65. The first kappa shape index (κ1) is 50.7. The van der Waals surface area contributed by atoms with Crippen LogP contribution in [-0.2, 0) is 9.59 Å². The maximum atomic E-state index is 14.2. The fraction of sp³-hybridized carbons (Fsp3) is 0.918. The molecule has 5 heteroatoms. The zero-order chi connectivity index (χ0) is 39.5. The fourth-order valence-electron chi connectivity index (χ4n) is 8.65. The quantitative estimate of drug-likeness (QED) is 0.0695. The first-order chi connectivity index (χ1) is 26.4. The Bertz CT molecular complexity index is 891. The zero-order valence-corrected chi connectivity index (χ0v) is 37.5. The smallest absolute Gasteiger partial charge is 0.247 e. The molecule has 0 spiro atoms. The van der Waals surface area contributed by atoms with Gasteiger partial charge in [0.25, 0.3) is 0 Å². The molecule has 2 amide bonds. The molecule has 0 aromatic carbocycles. The molecule has 0 aromatic rings. The molecule has 2 aliphatic rings. The average molecular weight is 758 g/mol. The molecule has 1 saturated heterocycles. The van der Waals surface area contributed by atoms with E-state index in [9.17, 15) is 9.59 Å². The number of likely N-dealkylation sites (tertiary alicyclic amines) is 1. The van der Waals surface area contributed by atoms with Crippen molar-refractivity contribution < 1.29 is 9.59 Å². The highest BCUT2D eigenvalue weighted by Crippen LogP contribution is 2.29. The van der Waals surface area contributed by atoms with Crippen molar-refractivity contribution in [2.75, 3.05) is 19.6 Å². The van der Waals surface area contributed by atoms with Gasteiger partial charge < -0.3 is 15.1 Å². The number of unbranched alkanes of at least 4 members (excludes halogenated alkanes) is 22. The lowest BCUT2D eigenvalue weighted by atomic mass is 9.86. The summed E-state index contributed by atoms with van der Waals surface area (Å²) >= 11 is 0. The third-order valence-corrected chi connectivity index (χ3v) is 12.4. The van der Waals surface area contributed by atoms with Crippen LogP contribution in [0.2, 0.25) is 0 Å². The highest BCUT2D eigenvalue weighted by molar-refractivity contribution is 5.89. The number of carbonyl (C=O) groups excluding carboxylic acids is 2. The Kier molecular flexibility index (Phi) is 33.8. The SMILES string of the molecule is CCCCCCC.CCCCCCCCCCCCCCCC(=O)N(C(C)CCCCCCCCC)C(C(=O)NC1=CCCCC1)C1CCN(CC)CC1. The van der Waals surface area contributed by atoms with Gasteiger partial charge in [0.1, 0.15) is 6.04 Å².